The Labute approximate surface area is 187 Å². The molecule has 0 unspecified atom stereocenters. The van der Waals surface area contributed by atoms with Crippen LogP contribution in [-0.2, 0) is 11.8 Å². The van der Waals surface area contributed by atoms with E-state index in [1.807, 2.05) is 26.1 Å². The summed E-state index contributed by atoms with van der Waals surface area (Å²) in [6.45, 7) is 1.83. The number of hydrogen-bond acceptors (Lipinski definition) is 7. The highest BCUT2D eigenvalue weighted by atomic mass is 32.2. The van der Waals surface area contributed by atoms with Crippen molar-refractivity contribution in [1.29, 1.82) is 0 Å². The molecule has 2 heterocycles. The molecule has 3 N–H and O–H groups in total. The molecule has 0 radical (unpaired) electrons. The van der Waals surface area contributed by atoms with E-state index >= 15 is 0 Å². The summed E-state index contributed by atoms with van der Waals surface area (Å²) in [6.07, 6.45) is 1.57. The third-order valence-electron chi connectivity index (χ3n) is 4.41. The highest BCUT2D eigenvalue weighted by molar-refractivity contribution is 7.99. The maximum atomic E-state index is 12.7. The molecule has 2 aromatic heterocycles. The first-order valence-corrected chi connectivity index (χ1v) is 10.6. The Morgan fingerprint density at radius 1 is 1.09 bits per heavy atom. The first-order chi connectivity index (χ1) is 15.5. The van der Waals surface area contributed by atoms with Crippen LogP contribution in [0.25, 0.3) is 11.4 Å². The standard InChI is InChI=1S/C21H20N8O2S/c1-13-23-19(27-26-13)14-6-8-16(9-7-14)25-20(31)15-4-3-5-17(10-15)24-18(30)11-32-21-28-22-12-29(21)2/h3-10,12H,11H2,1-2H3,(H,24,30)(H,25,31)(H,23,26,27). The first-order valence-electron chi connectivity index (χ1n) is 9.65. The highest BCUT2D eigenvalue weighted by Gasteiger charge is 2.11. The van der Waals surface area contributed by atoms with Gasteiger partial charge in [0.05, 0.1) is 5.75 Å². The summed E-state index contributed by atoms with van der Waals surface area (Å²) >= 11 is 1.28. The Bertz CT molecular complexity index is 1250. The lowest BCUT2D eigenvalue weighted by Crippen LogP contribution is -2.16. The van der Waals surface area contributed by atoms with E-state index in [-0.39, 0.29) is 17.6 Å². The number of rotatable bonds is 7. The van der Waals surface area contributed by atoms with Crippen LogP contribution in [0.3, 0.4) is 0 Å². The summed E-state index contributed by atoms with van der Waals surface area (Å²) in [5.74, 6) is 1.03. The number of anilines is 2. The zero-order chi connectivity index (χ0) is 22.5. The third kappa shape index (κ3) is 5.19. The Morgan fingerprint density at radius 3 is 2.59 bits per heavy atom. The predicted octanol–water partition coefficient (Wildman–Crippen LogP) is 2.89. The van der Waals surface area contributed by atoms with Crippen molar-refractivity contribution in [3.63, 3.8) is 0 Å². The van der Waals surface area contributed by atoms with Crippen molar-refractivity contribution in [2.75, 3.05) is 16.4 Å². The van der Waals surface area contributed by atoms with Crippen LogP contribution in [0.5, 0.6) is 0 Å². The number of H-pyrrole nitrogens is 1. The van der Waals surface area contributed by atoms with Crippen LogP contribution >= 0.6 is 11.8 Å². The van der Waals surface area contributed by atoms with Gasteiger partial charge in [-0.3, -0.25) is 14.7 Å². The number of aromatic nitrogens is 6. The fourth-order valence-electron chi connectivity index (χ4n) is 2.85. The monoisotopic (exact) mass is 448 g/mol. The Balaban J connectivity index is 1.35. The summed E-state index contributed by atoms with van der Waals surface area (Å²) in [6, 6.07) is 14.0. The lowest BCUT2D eigenvalue weighted by molar-refractivity contribution is -0.113. The van der Waals surface area contributed by atoms with Crippen LogP contribution < -0.4 is 10.6 Å². The molecule has 2 aromatic carbocycles. The van der Waals surface area contributed by atoms with Gasteiger partial charge in [0.15, 0.2) is 11.0 Å². The van der Waals surface area contributed by atoms with Gasteiger partial charge in [-0.25, -0.2) is 4.98 Å². The molecule has 0 saturated carbocycles. The highest BCUT2D eigenvalue weighted by Crippen LogP contribution is 2.19. The average Bonchev–Trinajstić information content (AvgIpc) is 3.41. The number of nitrogens with one attached hydrogen (secondary N) is 3. The molecule has 0 saturated heterocycles. The van der Waals surface area contributed by atoms with Crippen molar-refractivity contribution in [2.45, 2.75) is 12.1 Å². The minimum absolute atomic E-state index is 0.180. The summed E-state index contributed by atoms with van der Waals surface area (Å²) in [4.78, 5) is 29.2. The molecular weight excluding hydrogens is 428 g/mol. The second-order valence-electron chi connectivity index (χ2n) is 6.92. The number of carbonyl (C=O) groups is 2. The number of aromatic amines is 1. The molecule has 0 fully saturated rings. The largest absolute Gasteiger partial charge is 0.325 e. The molecule has 0 atom stereocenters. The number of carbonyl (C=O) groups excluding carboxylic acids is 2. The maximum absolute atomic E-state index is 12.7. The molecule has 10 nitrogen and oxygen atoms in total. The van der Waals surface area contributed by atoms with E-state index < -0.39 is 0 Å². The number of thioether (sulfide) groups is 1. The Morgan fingerprint density at radius 2 is 1.91 bits per heavy atom. The molecule has 0 aliphatic carbocycles. The lowest BCUT2D eigenvalue weighted by Gasteiger charge is -2.09. The maximum Gasteiger partial charge on any atom is 0.255 e. The second-order valence-corrected chi connectivity index (χ2v) is 7.86. The van der Waals surface area contributed by atoms with Crippen molar-refractivity contribution in [1.82, 2.24) is 29.9 Å². The van der Waals surface area contributed by atoms with Gasteiger partial charge in [0, 0.05) is 29.5 Å². The molecule has 162 valence electrons. The van der Waals surface area contributed by atoms with Gasteiger partial charge in [-0.05, 0) is 49.4 Å². The summed E-state index contributed by atoms with van der Waals surface area (Å²) in [5.41, 5.74) is 2.45. The number of aryl methyl sites for hydroxylation is 2. The zero-order valence-corrected chi connectivity index (χ0v) is 18.2. The van der Waals surface area contributed by atoms with E-state index in [1.165, 1.54) is 11.8 Å². The van der Waals surface area contributed by atoms with E-state index in [0.29, 0.717) is 27.9 Å². The molecular formula is C21H20N8O2S. The van der Waals surface area contributed by atoms with Crippen molar-refractivity contribution in [2.24, 2.45) is 7.05 Å². The second kappa shape index (κ2) is 9.43. The number of hydrogen-bond donors (Lipinski definition) is 3. The SMILES string of the molecule is Cc1nc(-c2ccc(NC(=O)c3cccc(NC(=O)CSc4nncn4C)c3)cc2)n[nH]1. The molecule has 0 aliphatic rings. The third-order valence-corrected chi connectivity index (χ3v) is 5.44. The van der Waals surface area contributed by atoms with Gasteiger partial charge in [-0.1, -0.05) is 17.8 Å². The minimum Gasteiger partial charge on any atom is -0.325 e. The molecule has 32 heavy (non-hydrogen) atoms. The first kappa shape index (κ1) is 21.2. The summed E-state index contributed by atoms with van der Waals surface area (Å²) < 4.78 is 1.74. The smallest absolute Gasteiger partial charge is 0.255 e. The minimum atomic E-state index is -0.281. The molecule has 11 heteroatoms. The fourth-order valence-corrected chi connectivity index (χ4v) is 3.53. The molecule has 4 aromatic rings. The topological polar surface area (TPSA) is 130 Å². The van der Waals surface area contributed by atoms with Gasteiger partial charge < -0.3 is 15.2 Å². The molecule has 0 bridgehead atoms. The van der Waals surface area contributed by atoms with Crippen LogP contribution in [0, 0.1) is 6.92 Å². The van der Waals surface area contributed by atoms with Crippen molar-refractivity contribution < 1.29 is 9.59 Å². The molecule has 0 spiro atoms. The van der Waals surface area contributed by atoms with E-state index in [0.717, 1.165) is 11.4 Å². The summed E-state index contributed by atoms with van der Waals surface area (Å²) in [5, 5.41) is 20.9. The average molecular weight is 449 g/mol. The number of benzene rings is 2. The van der Waals surface area contributed by atoms with E-state index in [4.69, 9.17) is 0 Å². The predicted molar refractivity (Wildman–Crippen MR) is 121 cm³/mol. The van der Waals surface area contributed by atoms with E-state index in [1.54, 1.807) is 47.3 Å². The molecule has 4 rings (SSSR count). The van der Waals surface area contributed by atoms with Crippen molar-refractivity contribution in [3.05, 3.63) is 66.2 Å². The van der Waals surface area contributed by atoms with Crippen LogP contribution in [0.1, 0.15) is 16.2 Å². The van der Waals surface area contributed by atoms with Crippen LogP contribution in [0.2, 0.25) is 0 Å². The Hall–Kier alpha value is -3.99. The lowest BCUT2D eigenvalue weighted by atomic mass is 10.1. The quantitative estimate of drug-likeness (QED) is 0.371. The van der Waals surface area contributed by atoms with Crippen LogP contribution in [-0.4, -0.2) is 47.5 Å². The molecule has 0 aliphatic heterocycles. The number of nitrogens with zero attached hydrogens (tertiary/aromatic N) is 5. The normalized spacial score (nSPS) is 10.7. The van der Waals surface area contributed by atoms with Crippen molar-refractivity contribution >= 4 is 35.0 Å². The van der Waals surface area contributed by atoms with Crippen molar-refractivity contribution in [3.8, 4) is 11.4 Å². The van der Waals surface area contributed by atoms with Gasteiger partial charge in [0.25, 0.3) is 5.91 Å². The van der Waals surface area contributed by atoms with E-state index in [2.05, 4.69) is 36.0 Å². The Kier molecular flexibility index (Phi) is 6.26. The van der Waals surface area contributed by atoms with E-state index in [9.17, 15) is 9.59 Å². The zero-order valence-electron chi connectivity index (χ0n) is 17.4. The van der Waals surface area contributed by atoms with Gasteiger partial charge in [0.2, 0.25) is 5.91 Å². The van der Waals surface area contributed by atoms with Crippen LogP contribution in [0.15, 0.2) is 60.0 Å². The van der Waals surface area contributed by atoms with Gasteiger partial charge in [0.1, 0.15) is 12.2 Å². The fraction of sp³-hybridized carbons (Fsp3) is 0.143. The molecule has 2 amide bonds. The summed E-state index contributed by atoms with van der Waals surface area (Å²) in [7, 11) is 1.81. The van der Waals surface area contributed by atoms with Crippen LogP contribution in [0.4, 0.5) is 11.4 Å². The van der Waals surface area contributed by atoms with Gasteiger partial charge in [-0.15, -0.1) is 10.2 Å². The number of amides is 2. The van der Waals surface area contributed by atoms with Gasteiger partial charge >= 0.3 is 0 Å². The van der Waals surface area contributed by atoms with Gasteiger partial charge in [-0.2, -0.15) is 5.10 Å².